The Bertz CT molecular complexity index is 860. The molecular weight excluding hydrogens is 368 g/mol. The summed E-state index contributed by atoms with van der Waals surface area (Å²) in [6, 6.07) is 9.74. The van der Waals surface area contributed by atoms with Crippen LogP contribution in [0.5, 0.6) is 0 Å². The fourth-order valence-electron chi connectivity index (χ4n) is 3.69. The molecule has 29 heavy (non-hydrogen) atoms. The normalized spacial score (nSPS) is 17.2. The second kappa shape index (κ2) is 8.78. The maximum Gasteiger partial charge on any atom is 0.254 e. The van der Waals surface area contributed by atoms with Gasteiger partial charge in [0.05, 0.1) is 16.9 Å². The number of nitrogens with zero attached hydrogens (tertiary/aromatic N) is 3. The first kappa shape index (κ1) is 21.0. The second-order valence-corrected chi connectivity index (χ2v) is 7.87. The molecule has 1 aromatic heterocycles. The lowest BCUT2D eigenvalue weighted by atomic mass is 9.91. The van der Waals surface area contributed by atoms with Crippen LogP contribution >= 0.6 is 0 Å². The number of rotatable bonds is 6. The number of likely N-dealkylation sites (tertiary alicyclic amines) is 1. The van der Waals surface area contributed by atoms with Gasteiger partial charge in [-0.15, -0.1) is 0 Å². The van der Waals surface area contributed by atoms with Crippen molar-refractivity contribution in [2.24, 2.45) is 0 Å². The van der Waals surface area contributed by atoms with Crippen LogP contribution in [0, 0.1) is 0 Å². The molecule has 156 valence electrons. The highest BCUT2D eigenvalue weighted by atomic mass is 16.5. The van der Waals surface area contributed by atoms with Gasteiger partial charge in [-0.05, 0) is 45.7 Å². The number of aromatic nitrogens is 2. The van der Waals surface area contributed by atoms with Gasteiger partial charge in [-0.3, -0.25) is 9.59 Å². The molecule has 1 aromatic carbocycles. The average Bonchev–Trinajstić information content (AvgIpc) is 3.20. The number of amides is 2. The number of benzene rings is 1. The maximum absolute atomic E-state index is 12.9. The largest absolute Gasteiger partial charge is 0.369 e. The molecule has 0 aliphatic carbocycles. The molecule has 0 saturated carbocycles. The molecule has 1 N–H and O–H groups in total. The van der Waals surface area contributed by atoms with Gasteiger partial charge in [-0.1, -0.05) is 18.2 Å². The Hall–Kier alpha value is -2.67. The minimum absolute atomic E-state index is 0.00271. The van der Waals surface area contributed by atoms with E-state index < -0.39 is 5.60 Å². The molecule has 0 radical (unpaired) electrons. The van der Waals surface area contributed by atoms with Crippen molar-refractivity contribution in [2.75, 3.05) is 26.7 Å². The van der Waals surface area contributed by atoms with Gasteiger partial charge in [0.15, 0.2) is 0 Å². The molecule has 7 nitrogen and oxygen atoms in total. The Morgan fingerprint density at radius 2 is 2.00 bits per heavy atom. The summed E-state index contributed by atoms with van der Waals surface area (Å²) in [5.41, 5.74) is 1.34. The Morgan fingerprint density at radius 1 is 1.28 bits per heavy atom. The Labute approximate surface area is 172 Å². The van der Waals surface area contributed by atoms with Crippen molar-refractivity contribution >= 4 is 11.8 Å². The number of nitrogens with one attached hydrogen (secondary N) is 1. The van der Waals surface area contributed by atoms with E-state index in [1.54, 1.807) is 31.8 Å². The summed E-state index contributed by atoms with van der Waals surface area (Å²) in [4.78, 5) is 27.4. The minimum atomic E-state index is -0.867. The highest BCUT2D eigenvalue weighted by Crippen LogP contribution is 2.30. The molecule has 1 aliphatic rings. The Kier molecular flexibility index (Phi) is 6.37. The van der Waals surface area contributed by atoms with E-state index >= 15 is 0 Å². The first-order valence-corrected chi connectivity index (χ1v) is 10.1. The van der Waals surface area contributed by atoms with Crippen LogP contribution in [0.4, 0.5) is 0 Å². The summed E-state index contributed by atoms with van der Waals surface area (Å²) in [7, 11) is 1.55. The monoisotopic (exact) mass is 398 g/mol. The van der Waals surface area contributed by atoms with E-state index in [2.05, 4.69) is 5.32 Å². The maximum atomic E-state index is 12.9. The molecule has 2 amide bonds. The molecule has 1 saturated heterocycles. The fraction of sp³-hybridized carbons (Fsp3) is 0.500. The number of ether oxygens (including phenoxy) is 1. The van der Waals surface area contributed by atoms with Crippen LogP contribution in [0.15, 0.2) is 36.5 Å². The highest BCUT2D eigenvalue weighted by Gasteiger charge is 2.36. The van der Waals surface area contributed by atoms with E-state index in [4.69, 9.17) is 9.84 Å². The van der Waals surface area contributed by atoms with Gasteiger partial charge in [0.1, 0.15) is 5.60 Å². The molecule has 2 heterocycles. The van der Waals surface area contributed by atoms with Gasteiger partial charge in [0.25, 0.3) is 11.8 Å². The number of carbonyl (C=O) groups excluding carboxylic acids is 2. The fourth-order valence-corrected chi connectivity index (χ4v) is 3.69. The number of para-hydroxylation sites is 1. The van der Waals surface area contributed by atoms with Gasteiger partial charge < -0.3 is 15.0 Å². The van der Waals surface area contributed by atoms with Crippen molar-refractivity contribution in [3.63, 3.8) is 0 Å². The van der Waals surface area contributed by atoms with Gasteiger partial charge in [-0.2, -0.15) is 5.10 Å². The molecular formula is C22H30N4O3. The summed E-state index contributed by atoms with van der Waals surface area (Å²) in [6.07, 6.45) is 3.54. The summed E-state index contributed by atoms with van der Waals surface area (Å²) in [5, 5.41) is 7.65. The summed E-state index contributed by atoms with van der Waals surface area (Å²) >= 11 is 0. The Morgan fingerprint density at radius 3 is 2.66 bits per heavy atom. The van der Waals surface area contributed by atoms with E-state index in [9.17, 15) is 9.59 Å². The van der Waals surface area contributed by atoms with Crippen molar-refractivity contribution in [2.45, 2.75) is 45.1 Å². The van der Waals surface area contributed by atoms with Crippen LogP contribution in [-0.2, 0) is 9.53 Å². The van der Waals surface area contributed by atoms with E-state index in [1.807, 2.05) is 42.2 Å². The molecule has 3 rings (SSSR count). The van der Waals surface area contributed by atoms with E-state index in [0.717, 1.165) is 24.2 Å². The SMILES string of the molecule is CCNC(=O)c1cn(-c2ccccc2)nc1C1CCCN(C(=O)C(C)(C)OC)C1. The topological polar surface area (TPSA) is 76.5 Å². The molecule has 1 aliphatic heterocycles. The van der Waals surface area contributed by atoms with Crippen molar-refractivity contribution in [3.8, 4) is 5.69 Å². The molecule has 0 spiro atoms. The number of hydrogen-bond donors (Lipinski definition) is 1. The summed E-state index contributed by atoms with van der Waals surface area (Å²) in [5.74, 6) is -0.167. The predicted molar refractivity (Wildman–Crippen MR) is 111 cm³/mol. The average molecular weight is 399 g/mol. The van der Waals surface area contributed by atoms with Crippen molar-refractivity contribution < 1.29 is 14.3 Å². The van der Waals surface area contributed by atoms with Crippen LogP contribution in [0.3, 0.4) is 0 Å². The van der Waals surface area contributed by atoms with Crippen LogP contribution in [0.25, 0.3) is 5.69 Å². The number of methoxy groups -OCH3 is 1. The number of carbonyl (C=O) groups is 2. The first-order valence-electron chi connectivity index (χ1n) is 10.1. The number of hydrogen-bond acceptors (Lipinski definition) is 4. The minimum Gasteiger partial charge on any atom is -0.369 e. The summed E-state index contributed by atoms with van der Waals surface area (Å²) in [6.45, 7) is 7.23. The lowest BCUT2D eigenvalue weighted by Gasteiger charge is -2.36. The first-order chi connectivity index (χ1) is 13.9. The van der Waals surface area contributed by atoms with Crippen molar-refractivity contribution in [1.82, 2.24) is 20.0 Å². The van der Waals surface area contributed by atoms with E-state index in [-0.39, 0.29) is 17.7 Å². The molecule has 7 heteroatoms. The van der Waals surface area contributed by atoms with Crippen LogP contribution < -0.4 is 5.32 Å². The zero-order valence-corrected chi connectivity index (χ0v) is 17.6. The smallest absolute Gasteiger partial charge is 0.254 e. The van der Waals surface area contributed by atoms with Crippen LogP contribution in [-0.4, -0.2) is 58.8 Å². The van der Waals surface area contributed by atoms with Gasteiger partial charge >= 0.3 is 0 Å². The lowest BCUT2D eigenvalue weighted by Crippen LogP contribution is -2.49. The van der Waals surface area contributed by atoms with Crippen LogP contribution in [0.1, 0.15) is 55.6 Å². The molecule has 0 bridgehead atoms. The summed E-state index contributed by atoms with van der Waals surface area (Å²) < 4.78 is 7.12. The lowest BCUT2D eigenvalue weighted by molar-refractivity contribution is -0.152. The van der Waals surface area contributed by atoms with Gasteiger partial charge in [0.2, 0.25) is 0 Å². The highest BCUT2D eigenvalue weighted by molar-refractivity contribution is 5.95. The zero-order chi connectivity index (χ0) is 21.0. The van der Waals surface area contributed by atoms with Crippen LogP contribution in [0.2, 0.25) is 0 Å². The number of piperidine rings is 1. The third-order valence-electron chi connectivity index (χ3n) is 5.47. The third-order valence-corrected chi connectivity index (χ3v) is 5.47. The standard InChI is InChI=1S/C22H30N4O3/c1-5-23-20(27)18-15-26(17-11-7-6-8-12-17)24-19(18)16-10-9-13-25(14-16)21(28)22(2,3)29-4/h6-8,11-12,15-16H,5,9-10,13-14H2,1-4H3,(H,23,27). The van der Waals surface area contributed by atoms with Crippen molar-refractivity contribution in [3.05, 3.63) is 47.8 Å². The zero-order valence-electron chi connectivity index (χ0n) is 17.6. The molecule has 1 unspecified atom stereocenters. The van der Waals surface area contributed by atoms with Crippen molar-refractivity contribution in [1.29, 1.82) is 0 Å². The predicted octanol–water partition coefficient (Wildman–Crippen LogP) is 2.75. The van der Waals surface area contributed by atoms with Gasteiger partial charge in [-0.25, -0.2) is 4.68 Å². The second-order valence-electron chi connectivity index (χ2n) is 7.87. The third kappa shape index (κ3) is 4.50. The van der Waals surface area contributed by atoms with E-state index in [1.165, 1.54) is 0 Å². The van der Waals surface area contributed by atoms with Gasteiger partial charge in [0, 0.05) is 38.9 Å². The quantitative estimate of drug-likeness (QED) is 0.812. The molecule has 2 aromatic rings. The Balaban J connectivity index is 1.92. The molecule has 1 fully saturated rings. The van der Waals surface area contributed by atoms with E-state index in [0.29, 0.717) is 25.2 Å². The molecule has 1 atom stereocenters.